The Kier molecular flexibility index (Phi) is 5.31. The molecule has 0 unspecified atom stereocenters. The molecule has 82 valence electrons. The Bertz CT molecular complexity index is 304. The van der Waals surface area contributed by atoms with Crippen LogP contribution in [0.2, 0.25) is 0 Å². The van der Waals surface area contributed by atoms with Gasteiger partial charge in [0, 0.05) is 5.57 Å². The molecule has 0 aromatic heterocycles. The summed E-state index contributed by atoms with van der Waals surface area (Å²) in [6.45, 7) is 3.91. The van der Waals surface area contributed by atoms with Crippen molar-refractivity contribution < 1.29 is 31.7 Å². The molecule has 0 heterocycles. The zero-order valence-corrected chi connectivity index (χ0v) is 8.24. The van der Waals surface area contributed by atoms with E-state index in [-0.39, 0.29) is 12.2 Å². The third-order valence-electron chi connectivity index (χ3n) is 0.882. The van der Waals surface area contributed by atoms with Crippen molar-refractivity contribution in [2.75, 3.05) is 13.2 Å². The van der Waals surface area contributed by atoms with Gasteiger partial charge in [-0.1, -0.05) is 6.58 Å². The fourth-order valence-electron chi connectivity index (χ4n) is 0.340. The molecular weight excluding hydrogens is 216 g/mol. The molecule has 0 amide bonds. The number of hydrogen-bond acceptors (Lipinski definition) is 6. The number of carbonyl (C=O) groups excluding carboxylic acids is 1. The first kappa shape index (κ1) is 13.0. The average molecular weight is 226 g/mol. The summed E-state index contributed by atoms with van der Waals surface area (Å²) in [6, 6.07) is 0. The van der Waals surface area contributed by atoms with Crippen molar-refractivity contribution in [1.82, 2.24) is 0 Å². The first-order valence-electron chi connectivity index (χ1n) is 3.44. The van der Waals surface area contributed by atoms with Gasteiger partial charge in [-0.05, 0) is 6.92 Å². The summed E-state index contributed by atoms with van der Waals surface area (Å²) in [6.07, 6.45) is 0. The monoisotopic (exact) mass is 226 g/mol. The van der Waals surface area contributed by atoms with Gasteiger partial charge in [-0.3, -0.25) is 9.44 Å². The molecule has 8 heteroatoms. The topological polar surface area (TPSA) is 99.1 Å². The van der Waals surface area contributed by atoms with E-state index in [1.165, 1.54) is 6.92 Å². The molecule has 0 aromatic carbocycles. The SMILES string of the molecule is C=C(C)C(=O)OOCCOS(=O)(=O)O. The van der Waals surface area contributed by atoms with Crippen LogP contribution in [0.4, 0.5) is 0 Å². The van der Waals surface area contributed by atoms with Gasteiger partial charge in [0.25, 0.3) is 0 Å². The van der Waals surface area contributed by atoms with Crippen molar-refractivity contribution in [3.63, 3.8) is 0 Å². The van der Waals surface area contributed by atoms with Crippen LogP contribution in [-0.2, 0) is 29.2 Å². The summed E-state index contributed by atoms with van der Waals surface area (Å²) in [5.74, 6) is -0.767. The molecule has 0 radical (unpaired) electrons. The maximum absolute atomic E-state index is 10.6. The summed E-state index contributed by atoms with van der Waals surface area (Å²) < 4.78 is 31.9. The molecule has 0 fully saturated rings. The Labute approximate surface area is 81.1 Å². The Hall–Kier alpha value is -0.960. The van der Waals surface area contributed by atoms with Crippen molar-refractivity contribution in [3.8, 4) is 0 Å². The first-order valence-corrected chi connectivity index (χ1v) is 4.80. The van der Waals surface area contributed by atoms with Gasteiger partial charge < -0.3 is 0 Å². The molecule has 1 N–H and O–H groups in total. The highest BCUT2D eigenvalue weighted by Gasteiger charge is 2.06. The minimum atomic E-state index is -4.48. The van der Waals surface area contributed by atoms with Crippen molar-refractivity contribution in [3.05, 3.63) is 12.2 Å². The highest BCUT2D eigenvalue weighted by Crippen LogP contribution is 1.93. The summed E-state index contributed by atoms with van der Waals surface area (Å²) in [4.78, 5) is 19.0. The lowest BCUT2D eigenvalue weighted by molar-refractivity contribution is -0.270. The molecule has 0 rings (SSSR count). The third-order valence-corrected chi connectivity index (χ3v) is 1.35. The van der Waals surface area contributed by atoms with Crippen LogP contribution in [0.15, 0.2) is 12.2 Å². The van der Waals surface area contributed by atoms with E-state index in [0.717, 1.165) is 0 Å². The van der Waals surface area contributed by atoms with Crippen molar-refractivity contribution in [2.45, 2.75) is 6.92 Å². The van der Waals surface area contributed by atoms with E-state index >= 15 is 0 Å². The molecule has 0 aliphatic carbocycles. The molecule has 0 saturated heterocycles. The van der Waals surface area contributed by atoms with Gasteiger partial charge in [-0.2, -0.15) is 13.3 Å². The molecule has 0 aromatic rings. The standard InChI is InChI=1S/C6H10O7S/c1-5(2)6(7)13-11-3-4-12-14(8,9)10/h1,3-4H2,2H3,(H,8,9,10). The molecule has 0 bridgehead atoms. The predicted molar refractivity (Wildman–Crippen MR) is 44.4 cm³/mol. The van der Waals surface area contributed by atoms with E-state index in [4.69, 9.17) is 4.55 Å². The normalized spacial score (nSPS) is 11.0. The fourth-order valence-corrected chi connectivity index (χ4v) is 0.618. The quantitative estimate of drug-likeness (QED) is 0.221. The van der Waals surface area contributed by atoms with E-state index in [1.54, 1.807) is 0 Å². The maximum atomic E-state index is 10.6. The van der Waals surface area contributed by atoms with Crippen LogP contribution in [0.5, 0.6) is 0 Å². The second-order valence-electron chi connectivity index (χ2n) is 2.22. The van der Waals surface area contributed by atoms with Gasteiger partial charge in [-0.15, -0.1) is 0 Å². The van der Waals surface area contributed by atoms with E-state index < -0.39 is 23.0 Å². The van der Waals surface area contributed by atoms with Crippen molar-refractivity contribution in [1.29, 1.82) is 0 Å². The van der Waals surface area contributed by atoms with Crippen molar-refractivity contribution in [2.24, 2.45) is 0 Å². The molecule has 0 saturated carbocycles. The Morgan fingerprint density at radius 1 is 1.43 bits per heavy atom. The van der Waals surface area contributed by atoms with Crippen LogP contribution in [0.3, 0.4) is 0 Å². The van der Waals surface area contributed by atoms with Crippen LogP contribution in [0.1, 0.15) is 6.92 Å². The molecule has 0 aliphatic heterocycles. The third kappa shape index (κ3) is 7.68. The number of hydrogen-bond donors (Lipinski definition) is 1. The molecular formula is C6H10O7S. The number of rotatable bonds is 6. The largest absolute Gasteiger partial charge is 0.397 e. The lowest BCUT2D eigenvalue weighted by Gasteiger charge is -2.02. The van der Waals surface area contributed by atoms with E-state index in [2.05, 4.69) is 20.5 Å². The Balaban J connectivity index is 3.49. The summed E-state index contributed by atoms with van der Waals surface area (Å²) in [5, 5.41) is 0. The molecule has 14 heavy (non-hydrogen) atoms. The molecule has 0 aliphatic rings. The number of carbonyl (C=O) groups is 1. The second-order valence-corrected chi connectivity index (χ2v) is 3.31. The summed E-state index contributed by atoms with van der Waals surface area (Å²) in [5.41, 5.74) is 0.140. The van der Waals surface area contributed by atoms with Crippen LogP contribution < -0.4 is 0 Å². The summed E-state index contributed by atoms with van der Waals surface area (Å²) in [7, 11) is -4.48. The van der Waals surface area contributed by atoms with Gasteiger partial charge in [-0.25, -0.2) is 8.98 Å². The van der Waals surface area contributed by atoms with Gasteiger partial charge >= 0.3 is 16.4 Å². The Morgan fingerprint density at radius 3 is 2.43 bits per heavy atom. The molecule has 0 spiro atoms. The van der Waals surface area contributed by atoms with Gasteiger partial charge in [0.05, 0.1) is 6.61 Å². The van der Waals surface area contributed by atoms with E-state index in [9.17, 15) is 13.2 Å². The smallest absolute Gasteiger partial charge is 0.293 e. The predicted octanol–water partition coefficient (Wildman–Crippen LogP) is -0.143. The van der Waals surface area contributed by atoms with E-state index in [0.29, 0.717) is 0 Å². The molecule has 7 nitrogen and oxygen atoms in total. The maximum Gasteiger partial charge on any atom is 0.397 e. The Morgan fingerprint density at radius 2 is 2.00 bits per heavy atom. The van der Waals surface area contributed by atoms with Gasteiger partial charge in [0.15, 0.2) is 0 Å². The first-order chi connectivity index (χ1) is 6.33. The highest BCUT2D eigenvalue weighted by atomic mass is 32.3. The van der Waals surface area contributed by atoms with Crippen LogP contribution in [-0.4, -0.2) is 32.2 Å². The lowest BCUT2D eigenvalue weighted by atomic mass is 10.4. The zero-order chi connectivity index (χ0) is 11.2. The fraction of sp³-hybridized carbons (Fsp3) is 0.500. The lowest BCUT2D eigenvalue weighted by Crippen LogP contribution is -2.12. The van der Waals surface area contributed by atoms with Gasteiger partial charge in [0.2, 0.25) is 0 Å². The highest BCUT2D eigenvalue weighted by molar-refractivity contribution is 7.80. The van der Waals surface area contributed by atoms with Crippen LogP contribution in [0.25, 0.3) is 0 Å². The van der Waals surface area contributed by atoms with Crippen LogP contribution >= 0.6 is 0 Å². The van der Waals surface area contributed by atoms with Gasteiger partial charge in [0.1, 0.15) is 6.61 Å². The zero-order valence-electron chi connectivity index (χ0n) is 7.43. The van der Waals surface area contributed by atoms with Crippen molar-refractivity contribution >= 4 is 16.4 Å². The molecule has 0 atom stereocenters. The average Bonchev–Trinajstić information content (AvgIpc) is 2.01. The summed E-state index contributed by atoms with van der Waals surface area (Å²) >= 11 is 0. The minimum absolute atomic E-state index is 0.140. The van der Waals surface area contributed by atoms with E-state index in [1.807, 2.05) is 0 Å². The van der Waals surface area contributed by atoms with Crippen LogP contribution in [0, 0.1) is 0 Å². The second kappa shape index (κ2) is 5.70. The minimum Gasteiger partial charge on any atom is -0.293 e.